The predicted molar refractivity (Wildman–Crippen MR) is 73.7 cm³/mol. The van der Waals surface area contributed by atoms with E-state index in [1.165, 1.54) is 0 Å². The van der Waals surface area contributed by atoms with Gasteiger partial charge in [0.05, 0.1) is 18.7 Å². The van der Waals surface area contributed by atoms with Crippen molar-refractivity contribution in [3.8, 4) is 22.9 Å². The minimum Gasteiger partial charge on any atom is -0.496 e. The summed E-state index contributed by atoms with van der Waals surface area (Å²) in [6.45, 7) is 0.751. The van der Waals surface area contributed by atoms with Crippen LogP contribution in [0.5, 0.6) is 5.75 Å². The Morgan fingerprint density at radius 2 is 2.16 bits per heavy atom. The van der Waals surface area contributed by atoms with E-state index in [-0.39, 0.29) is 0 Å². The molecule has 1 heterocycles. The quantitative estimate of drug-likeness (QED) is 0.908. The zero-order valence-corrected chi connectivity index (χ0v) is 11.0. The molecule has 0 radical (unpaired) electrons. The highest BCUT2D eigenvalue weighted by Crippen LogP contribution is 2.30. The monoisotopic (exact) mass is 253 g/mol. The van der Waals surface area contributed by atoms with Crippen molar-refractivity contribution in [1.29, 1.82) is 5.26 Å². The molecule has 0 aliphatic heterocycles. The third-order valence-electron chi connectivity index (χ3n) is 2.82. The second-order valence-electron chi connectivity index (χ2n) is 4.14. The maximum Gasteiger partial charge on any atom is 0.126 e. The molecular formula is C15H15N3O. The first-order chi connectivity index (χ1) is 9.28. The van der Waals surface area contributed by atoms with Gasteiger partial charge in [-0.2, -0.15) is 5.26 Å². The number of methoxy groups -OCH3 is 1. The first-order valence-electron chi connectivity index (χ1n) is 5.95. The van der Waals surface area contributed by atoms with Crippen LogP contribution in [0.25, 0.3) is 11.1 Å². The Morgan fingerprint density at radius 3 is 2.84 bits per heavy atom. The van der Waals surface area contributed by atoms with Crippen molar-refractivity contribution in [2.24, 2.45) is 0 Å². The third-order valence-corrected chi connectivity index (χ3v) is 2.82. The van der Waals surface area contributed by atoms with Gasteiger partial charge >= 0.3 is 0 Å². The molecule has 1 aromatic carbocycles. The summed E-state index contributed by atoms with van der Waals surface area (Å²) in [6.07, 6.45) is 3.60. The van der Waals surface area contributed by atoms with Gasteiger partial charge < -0.3 is 10.1 Å². The lowest BCUT2D eigenvalue weighted by molar-refractivity contribution is 0.416. The molecule has 2 rings (SSSR count). The maximum atomic E-state index is 8.99. The molecule has 0 amide bonds. The molecule has 0 unspecified atom stereocenters. The molecule has 0 saturated carbocycles. The van der Waals surface area contributed by atoms with Gasteiger partial charge in [-0.25, -0.2) is 0 Å². The molecular weight excluding hydrogens is 238 g/mol. The lowest BCUT2D eigenvalue weighted by Gasteiger charge is -2.10. The van der Waals surface area contributed by atoms with Crippen molar-refractivity contribution in [2.45, 2.75) is 6.54 Å². The molecule has 0 spiro atoms. The molecule has 0 saturated heterocycles. The van der Waals surface area contributed by atoms with Gasteiger partial charge in [-0.15, -0.1) is 0 Å². The van der Waals surface area contributed by atoms with E-state index in [1.54, 1.807) is 25.4 Å². The van der Waals surface area contributed by atoms with Crippen molar-refractivity contribution in [2.75, 3.05) is 14.2 Å². The van der Waals surface area contributed by atoms with Crippen LogP contribution in [0.2, 0.25) is 0 Å². The van der Waals surface area contributed by atoms with E-state index >= 15 is 0 Å². The SMILES string of the molecule is CNCc1cncc(-c2cc(C#N)ccc2OC)c1. The van der Waals surface area contributed by atoms with Gasteiger partial charge in [0.2, 0.25) is 0 Å². The Hall–Kier alpha value is -2.38. The Labute approximate surface area is 112 Å². The number of hydrogen-bond donors (Lipinski definition) is 1. The van der Waals surface area contributed by atoms with Crippen molar-refractivity contribution in [1.82, 2.24) is 10.3 Å². The Morgan fingerprint density at radius 1 is 1.32 bits per heavy atom. The second kappa shape index (κ2) is 5.98. The van der Waals surface area contributed by atoms with Crippen LogP contribution in [0.1, 0.15) is 11.1 Å². The average Bonchev–Trinajstić information content (AvgIpc) is 2.47. The van der Waals surface area contributed by atoms with E-state index in [1.807, 2.05) is 25.4 Å². The number of benzene rings is 1. The molecule has 0 atom stereocenters. The number of nitrogens with zero attached hydrogens (tertiary/aromatic N) is 2. The number of rotatable bonds is 4. The van der Waals surface area contributed by atoms with Gasteiger partial charge in [-0.1, -0.05) is 0 Å². The summed E-state index contributed by atoms with van der Waals surface area (Å²) in [4.78, 5) is 4.23. The van der Waals surface area contributed by atoms with E-state index in [9.17, 15) is 0 Å². The lowest BCUT2D eigenvalue weighted by Crippen LogP contribution is -2.05. The Balaban J connectivity index is 2.50. The zero-order chi connectivity index (χ0) is 13.7. The predicted octanol–water partition coefficient (Wildman–Crippen LogP) is 2.35. The van der Waals surface area contributed by atoms with Gasteiger partial charge in [0, 0.05) is 30.1 Å². The van der Waals surface area contributed by atoms with Crippen LogP contribution in [-0.4, -0.2) is 19.1 Å². The molecule has 0 bridgehead atoms. The molecule has 0 fully saturated rings. The summed E-state index contributed by atoms with van der Waals surface area (Å²) in [7, 11) is 3.51. The molecule has 1 N–H and O–H groups in total. The van der Waals surface area contributed by atoms with Gasteiger partial charge in [0.15, 0.2) is 0 Å². The first kappa shape index (κ1) is 13.1. The van der Waals surface area contributed by atoms with Gasteiger partial charge in [-0.3, -0.25) is 4.98 Å². The molecule has 4 heteroatoms. The van der Waals surface area contributed by atoms with E-state index in [4.69, 9.17) is 10.00 Å². The molecule has 96 valence electrons. The highest BCUT2D eigenvalue weighted by Gasteiger charge is 2.08. The fraction of sp³-hybridized carbons (Fsp3) is 0.200. The minimum absolute atomic E-state index is 0.606. The number of nitriles is 1. The van der Waals surface area contributed by atoms with Crippen LogP contribution in [0, 0.1) is 11.3 Å². The average molecular weight is 253 g/mol. The number of aromatic nitrogens is 1. The number of hydrogen-bond acceptors (Lipinski definition) is 4. The third kappa shape index (κ3) is 2.90. The maximum absolute atomic E-state index is 8.99. The summed E-state index contributed by atoms with van der Waals surface area (Å²) in [6, 6.07) is 9.55. The summed E-state index contributed by atoms with van der Waals surface area (Å²) < 4.78 is 5.35. The lowest BCUT2D eigenvalue weighted by atomic mass is 10.0. The van der Waals surface area contributed by atoms with Crippen LogP contribution in [0.4, 0.5) is 0 Å². The molecule has 2 aromatic rings. The molecule has 0 aliphatic carbocycles. The Bertz CT molecular complexity index is 617. The molecule has 19 heavy (non-hydrogen) atoms. The standard InChI is InChI=1S/C15H15N3O/c1-17-8-12-5-13(10-18-9-12)14-6-11(7-16)3-4-15(14)19-2/h3-6,9-10,17H,8H2,1-2H3. The Kier molecular flexibility index (Phi) is 4.11. The molecule has 0 aliphatic rings. The smallest absolute Gasteiger partial charge is 0.126 e. The fourth-order valence-corrected chi connectivity index (χ4v) is 1.94. The largest absolute Gasteiger partial charge is 0.496 e. The van der Waals surface area contributed by atoms with Crippen LogP contribution < -0.4 is 10.1 Å². The first-order valence-corrected chi connectivity index (χ1v) is 5.95. The molecule has 4 nitrogen and oxygen atoms in total. The highest BCUT2D eigenvalue weighted by molar-refractivity contribution is 5.71. The van der Waals surface area contributed by atoms with E-state index in [2.05, 4.69) is 16.4 Å². The fourth-order valence-electron chi connectivity index (χ4n) is 1.94. The highest BCUT2D eigenvalue weighted by atomic mass is 16.5. The van der Waals surface area contributed by atoms with Crippen molar-refractivity contribution < 1.29 is 4.74 Å². The number of nitrogens with one attached hydrogen (secondary N) is 1. The molecule has 1 aromatic heterocycles. The normalized spacial score (nSPS) is 9.95. The van der Waals surface area contributed by atoms with Gasteiger partial charge in [0.25, 0.3) is 0 Å². The zero-order valence-electron chi connectivity index (χ0n) is 11.0. The van der Waals surface area contributed by atoms with E-state index < -0.39 is 0 Å². The van der Waals surface area contributed by atoms with Crippen molar-refractivity contribution in [3.63, 3.8) is 0 Å². The van der Waals surface area contributed by atoms with Crippen LogP contribution >= 0.6 is 0 Å². The summed E-state index contributed by atoms with van der Waals surface area (Å²) in [5, 5.41) is 12.1. The van der Waals surface area contributed by atoms with Crippen LogP contribution in [-0.2, 0) is 6.54 Å². The minimum atomic E-state index is 0.606. The van der Waals surface area contributed by atoms with Crippen LogP contribution in [0.15, 0.2) is 36.7 Å². The van der Waals surface area contributed by atoms with Gasteiger partial charge in [0.1, 0.15) is 5.75 Å². The summed E-state index contributed by atoms with van der Waals surface area (Å²) in [5.74, 6) is 0.738. The summed E-state index contributed by atoms with van der Waals surface area (Å²) >= 11 is 0. The number of pyridine rings is 1. The van der Waals surface area contributed by atoms with E-state index in [0.29, 0.717) is 5.56 Å². The van der Waals surface area contributed by atoms with Gasteiger partial charge in [-0.05, 0) is 36.9 Å². The van der Waals surface area contributed by atoms with Crippen LogP contribution in [0.3, 0.4) is 0 Å². The number of ether oxygens (including phenoxy) is 1. The topological polar surface area (TPSA) is 57.9 Å². The van der Waals surface area contributed by atoms with Crippen molar-refractivity contribution in [3.05, 3.63) is 47.8 Å². The summed E-state index contributed by atoms with van der Waals surface area (Å²) in [5.41, 5.74) is 3.52. The second-order valence-corrected chi connectivity index (χ2v) is 4.14. The van der Waals surface area contributed by atoms with Crippen molar-refractivity contribution >= 4 is 0 Å². The van der Waals surface area contributed by atoms with E-state index in [0.717, 1.165) is 29.0 Å².